The van der Waals surface area contributed by atoms with E-state index >= 15 is 0 Å². The van der Waals surface area contributed by atoms with Gasteiger partial charge in [-0.1, -0.05) is 31.7 Å². The molecule has 0 bridgehead atoms. The van der Waals surface area contributed by atoms with Crippen molar-refractivity contribution in [1.29, 1.82) is 0 Å². The third-order valence-corrected chi connectivity index (χ3v) is 3.71. The molecule has 1 aromatic carbocycles. The summed E-state index contributed by atoms with van der Waals surface area (Å²) in [4.78, 5) is 11.9. The van der Waals surface area contributed by atoms with Crippen LogP contribution >= 0.6 is 0 Å². The molecule has 0 heterocycles. The van der Waals surface area contributed by atoms with Crippen molar-refractivity contribution in [3.8, 4) is 11.5 Å². The number of carbonyl (C=O) groups is 1. The van der Waals surface area contributed by atoms with Crippen LogP contribution in [0, 0.1) is 0 Å². The van der Waals surface area contributed by atoms with Crippen LogP contribution in [-0.2, 0) is 4.79 Å². The molecule has 0 radical (unpaired) electrons. The molecular formula is C17H25NO3. The van der Waals surface area contributed by atoms with E-state index in [0.29, 0.717) is 18.4 Å². The minimum atomic E-state index is -0.0382. The number of ether oxygens (including phenoxy) is 2. The fourth-order valence-electron chi connectivity index (χ4n) is 2.66. The maximum atomic E-state index is 11.9. The molecule has 4 nitrogen and oxygen atoms in total. The predicted molar refractivity (Wildman–Crippen MR) is 82.7 cm³/mol. The van der Waals surface area contributed by atoms with E-state index in [1.165, 1.54) is 25.7 Å². The summed E-state index contributed by atoms with van der Waals surface area (Å²) in [5, 5.41) is 3.07. The summed E-state index contributed by atoms with van der Waals surface area (Å²) in [6.07, 6.45) is 7.17. The van der Waals surface area contributed by atoms with Gasteiger partial charge in [-0.25, -0.2) is 0 Å². The van der Waals surface area contributed by atoms with E-state index in [4.69, 9.17) is 9.47 Å². The lowest BCUT2D eigenvalue weighted by atomic mass is 10.1. The third kappa shape index (κ3) is 5.66. The number of hydrogen-bond acceptors (Lipinski definition) is 3. The van der Waals surface area contributed by atoms with Crippen molar-refractivity contribution in [3.63, 3.8) is 0 Å². The van der Waals surface area contributed by atoms with Crippen LogP contribution < -0.4 is 14.8 Å². The molecule has 116 valence electrons. The number of benzene rings is 1. The first-order valence-electron chi connectivity index (χ1n) is 7.93. The minimum Gasteiger partial charge on any atom is -0.494 e. The van der Waals surface area contributed by atoms with Crippen molar-refractivity contribution in [2.75, 3.05) is 13.2 Å². The molecule has 4 heteroatoms. The quantitative estimate of drug-likeness (QED) is 0.818. The van der Waals surface area contributed by atoms with Gasteiger partial charge in [0.1, 0.15) is 11.5 Å². The Labute approximate surface area is 126 Å². The van der Waals surface area contributed by atoms with Crippen LogP contribution in [0.15, 0.2) is 24.3 Å². The predicted octanol–water partition coefficient (Wildman–Crippen LogP) is 3.30. The largest absolute Gasteiger partial charge is 0.494 e. The lowest BCUT2D eigenvalue weighted by molar-refractivity contribution is -0.123. The van der Waals surface area contributed by atoms with Gasteiger partial charge in [-0.3, -0.25) is 4.79 Å². The van der Waals surface area contributed by atoms with Crippen molar-refractivity contribution in [2.24, 2.45) is 0 Å². The van der Waals surface area contributed by atoms with E-state index in [2.05, 4.69) is 5.32 Å². The van der Waals surface area contributed by atoms with Gasteiger partial charge in [0.25, 0.3) is 5.91 Å². The minimum absolute atomic E-state index is 0.0382. The van der Waals surface area contributed by atoms with Gasteiger partial charge in [-0.2, -0.15) is 0 Å². The van der Waals surface area contributed by atoms with Crippen LogP contribution in [-0.4, -0.2) is 25.2 Å². The van der Waals surface area contributed by atoms with Crippen LogP contribution in [0.1, 0.15) is 45.4 Å². The highest BCUT2D eigenvalue weighted by atomic mass is 16.5. The number of carbonyl (C=O) groups excluding carboxylic acids is 1. The molecule has 0 atom stereocenters. The number of hydrogen-bond donors (Lipinski definition) is 1. The Balaban J connectivity index is 1.76. The van der Waals surface area contributed by atoms with E-state index in [9.17, 15) is 4.79 Å². The fraction of sp³-hybridized carbons (Fsp3) is 0.588. The standard InChI is InChI=1S/C17H25NO3/c1-2-20-15-10-7-11-16(12-15)21-13-17(19)18-14-8-5-3-4-6-9-14/h7,10-12,14H,2-6,8-9,13H2,1H3,(H,18,19). The lowest BCUT2D eigenvalue weighted by Crippen LogP contribution is -2.37. The topological polar surface area (TPSA) is 47.6 Å². The SMILES string of the molecule is CCOc1cccc(OCC(=O)NC2CCCCCC2)c1. The second-order valence-electron chi connectivity index (χ2n) is 5.45. The lowest BCUT2D eigenvalue weighted by Gasteiger charge is -2.16. The smallest absolute Gasteiger partial charge is 0.258 e. The third-order valence-electron chi connectivity index (χ3n) is 3.71. The summed E-state index contributed by atoms with van der Waals surface area (Å²) >= 11 is 0. The molecule has 1 aliphatic rings. The molecule has 1 saturated carbocycles. The van der Waals surface area contributed by atoms with E-state index in [1.54, 1.807) is 0 Å². The molecule has 0 saturated heterocycles. The first-order chi connectivity index (χ1) is 10.3. The summed E-state index contributed by atoms with van der Waals surface area (Å²) in [6.45, 7) is 2.62. The summed E-state index contributed by atoms with van der Waals surface area (Å²) in [5.41, 5.74) is 0. The molecule has 2 rings (SSSR count). The Morgan fingerprint density at radius 3 is 2.48 bits per heavy atom. The van der Waals surface area contributed by atoms with E-state index in [0.717, 1.165) is 18.6 Å². The van der Waals surface area contributed by atoms with Crippen LogP contribution in [0.2, 0.25) is 0 Å². The highest BCUT2D eigenvalue weighted by molar-refractivity contribution is 5.77. The molecule has 1 aromatic rings. The molecule has 0 aromatic heterocycles. The van der Waals surface area contributed by atoms with Gasteiger partial charge in [0.05, 0.1) is 6.61 Å². The van der Waals surface area contributed by atoms with Crippen LogP contribution in [0.5, 0.6) is 11.5 Å². The summed E-state index contributed by atoms with van der Waals surface area (Å²) in [5.74, 6) is 1.39. The van der Waals surface area contributed by atoms with Gasteiger partial charge in [0, 0.05) is 12.1 Å². The first-order valence-corrected chi connectivity index (χ1v) is 7.93. The molecule has 1 fully saturated rings. The van der Waals surface area contributed by atoms with E-state index < -0.39 is 0 Å². The van der Waals surface area contributed by atoms with Crippen molar-refractivity contribution in [1.82, 2.24) is 5.32 Å². The maximum Gasteiger partial charge on any atom is 0.258 e. The van der Waals surface area contributed by atoms with Crippen molar-refractivity contribution >= 4 is 5.91 Å². The van der Waals surface area contributed by atoms with Crippen LogP contribution in [0.25, 0.3) is 0 Å². The number of nitrogens with one attached hydrogen (secondary N) is 1. The average molecular weight is 291 g/mol. The molecule has 0 aliphatic heterocycles. The molecular weight excluding hydrogens is 266 g/mol. The Kier molecular flexibility index (Phi) is 6.38. The van der Waals surface area contributed by atoms with Gasteiger partial charge in [0.15, 0.2) is 6.61 Å². The summed E-state index contributed by atoms with van der Waals surface area (Å²) < 4.78 is 10.9. The average Bonchev–Trinajstić information content (AvgIpc) is 2.75. The van der Waals surface area contributed by atoms with Crippen molar-refractivity contribution < 1.29 is 14.3 Å². The second kappa shape index (κ2) is 8.55. The van der Waals surface area contributed by atoms with Crippen LogP contribution in [0.4, 0.5) is 0 Å². The van der Waals surface area contributed by atoms with Gasteiger partial charge in [0.2, 0.25) is 0 Å². The zero-order valence-corrected chi connectivity index (χ0v) is 12.8. The van der Waals surface area contributed by atoms with Gasteiger partial charge in [-0.15, -0.1) is 0 Å². The Hall–Kier alpha value is -1.71. The summed E-state index contributed by atoms with van der Waals surface area (Å²) in [7, 11) is 0. The highest BCUT2D eigenvalue weighted by Crippen LogP contribution is 2.19. The Morgan fingerprint density at radius 1 is 1.14 bits per heavy atom. The zero-order valence-electron chi connectivity index (χ0n) is 12.8. The molecule has 0 spiro atoms. The van der Waals surface area contributed by atoms with E-state index in [-0.39, 0.29) is 12.5 Å². The van der Waals surface area contributed by atoms with Crippen molar-refractivity contribution in [3.05, 3.63) is 24.3 Å². The molecule has 1 amide bonds. The molecule has 1 N–H and O–H groups in total. The maximum absolute atomic E-state index is 11.9. The van der Waals surface area contributed by atoms with E-state index in [1.807, 2.05) is 31.2 Å². The normalized spacial score (nSPS) is 16.0. The van der Waals surface area contributed by atoms with Gasteiger partial charge >= 0.3 is 0 Å². The Morgan fingerprint density at radius 2 is 1.81 bits per heavy atom. The molecule has 0 unspecified atom stereocenters. The molecule has 1 aliphatic carbocycles. The Bertz CT molecular complexity index is 439. The van der Waals surface area contributed by atoms with Crippen LogP contribution in [0.3, 0.4) is 0 Å². The fourth-order valence-corrected chi connectivity index (χ4v) is 2.66. The monoisotopic (exact) mass is 291 g/mol. The number of amides is 1. The first kappa shape index (κ1) is 15.7. The second-order valence-corrected chi connectivity index (χ2v) is 5.45. The zero-order chi connectivity index (χ0) is 14.9. The van der Waals surface area contributed by atoms with Crippen molar-refractivity contribution in [2.45, 2.75) is 51.5 Å². The molecule has 21 heavy (non-hydrogen) atoms. The number of rotatable bonds is 6. The highest BCUT2D eigenvalue weighted by Gasteiger charge is 2.14. The van der Waals surface area contributed by atoms with Gasteiger partial charge in [-0.05, 0) is 31.9 Å². The van der Waals surface area contributed by atoms with Gasteiger partial charge < -0.3 is 14.8 Å². The summed E-state index contributed by atoms with van der Waals surface area (Å²) in [6, 6.07) is 7.70.